The predicted molar refractivity (Wildman–Crippen MR) is 75.3 cm³/mol. The van der Waals surface area contributed by atoms with Gasteiger partial charge in [-0.15, -0.1) is 0 Å². The van der Waals surface area contributed by atoms with Crippen molar-refractivity contribution in [2.45, 2.75) is 25.9 Å². The minimum Gasteiger partial charge on any atom is -0.289 e. The quantitative estimate of drug-likeness (QED) is 0.733. The summed E-state index contributed by atoms with van der Waals surface area (Å²) in [5, 5.41) is 0. The normalized spacial score (nSPS) is 11.4. The molecule has 0 radical (unpaired) electrons. The molecule has 0 saturated heterocycles. The van der Waals surface area contributed by atoms with Crippen LogP contribution in [0.3, 0.4) is 0 Å². The predicted octanol–water partition coefficient (Wildman–Crippen LogP) is 4.89. The summed E-state index contributed by atoms with van der Waals surface area (Å²) in [4.78, 5) is 12.3. The van der Waals surface area contributed by atoms with Crippen LogP contribution in [0.15, 0.2) is 48.5 Å². The molecular formula is C17H15F3O. The summed E-state index contributed by atoms with van der Waals surface area (Å²) >= 11 is 0. The summed E-state index contributed by atoms with van der Waals surface area (Å²) in [7, 11) is 0. The van der Waals surface area contributed by atoms with Gasteiger partial charge in [-0.25, -0.2) is 0 Å². The standard InChI is InChI=1S/C17H15F3O/c1-2-5-12-8-10-13(11-9-12)16(21)14-6-3-4-7-15(14)17(18,19)20/h3-4,6-11H,2,5H2,1H3. The zero-order chi connectivity index (χ0) is 15.5. The zero-order valence-corrected chi connectivity index (χ0v) is 11.6. The minimum atomic E-state index is -4.53. The highest BCUT2D eigenvalue weighted by Crippen LogP contribution is 2.32. The second kappa shape index (κ2) is 6.12. The lowest BCUT2D eigenvalue weighted by Crippen LogP contribution is -2.13. The number of ketones is 1. The topological polar surface area (TPSA) is 17.1 Å². The van der Waals surface area contributed by atoms with Gasteiger partial charge in [-0.2, -0.15) is 13.2 Å². The van der Waals surface area contributed by atoms with Gasteiger partial charge in [0.1, 0.15) is 0 Å². The van der Waals surface area contributed by atoms with Crippen molar-refractivity contribution in [3.63, 3.8) is 0 Å². The number of carbonyl (C=O) groups excluding carboxylic acids is 1. The third-order valence-corrected chi connectivity index (χ3v) is 3.23. The summed E-state index contributed by atoms with van der Waals surface area (Å²) in [6.07, 6.45) is -2.67. The number of aryl methyl sites for hydroxylation is 1. The van der Waals surface area contributed by atoms with Gasteiger partial charge in [0.25, 0.3) is 0 Å². The lowest BCUT2D eigenvalue weighted by atomic mass is 9.97. The van der Waals surface area contributed by atoms with Gasteiger partial charge in [0.2, 0.25) is 0 Å². The molecule has 0 heterocycles. The maximum atomic E-state index is 12.9. The third kappa shape index (κ3) is 3.51. The highest BCUT2D eigenvalue weighted by Gasteiger charge is 2.34. The van der Waals surface area contributed by atoms with Crippen molar-refractivity contribution in [1.29, 1.82) is 0 Å². The molecule has 0 aromatic heterocycles. The Morgan fingerprint density at radius 3 is 2.19 bits per heavy atom. The second-order valence-corrected chi connectivity index (χ2v) is 4.82. The van der Waals surface area contributed by atoms with Crippen LogP contribution in [-0.2, 0) is 12.6 Å². The number of carbonyl (C=O) groups is 1. The average molecular weight is 292 g/mol. The minimum absolute atomic E-state index is 0.270. The van der Waals surface area contributed by atoms with E-state index in [1.807, 2.05) is 6.92 Å². The Kier molecular flexibility index (Phi) is 4.46. The number of hydrogen-bond acceptors (Lipinski definition) is 1. The van der Waals surface area contributed by atoms with E-state index in [1.54, 1.807) is 24.3 Å². The van der Waals surface area contributed by atoms with E-state index in [4.69, 9.17) is 0 Å². The number of halogens is 3. The molecule has 0 N–H and O–H groups in total. The first-order valence-corrected chi connectivity index (χ1v) is 6.73. The Balaban J connectivity index is 2.36. The molecule has 0 aliphatic rings. The Morgan fingerprint density at radius 1 is 1.00 bits per heavy atom. The van der Waals surface area contributed by atoms with Crippen LogP contribution >= 0.6 is 0 Å². The van der Waals surface area contributed by atoms with Crippen molar-refractivity contribution in [2.24, 2.45) is 0 Å². The maximum Gasteiger partial charge on any atom is 0.417 e. The molecule has 110 valence electrons. The fourth-order valence-electron chi connectivity index (χ4n) is 2.20. The van der Waals surface area contributed by atoms with Crippen molar-refractivity contribution in [3.8, 4) is 0 Å². The molecule has 1 nitrogen and oxygen atoms in total. The molecule has 2 aromatic rings. The van der Waals surface area contributed by atoms with Gasteiger partial charge in [-0.3, -0.25) is 4.79 Å². The monoisotopic (exact) mass is 292 g/mol. The molecule has 2 rings (SSSR count). The molecular weight excluding hydrogens is 277 g/mol. The van der Waals surface area contributed by atoms with Gasteiger partial charge < -0.3 is 0 Å². The third-order valence-electron chi connectivity index (χ3n) is 3.23. The summed E-state index contributed by atoms with van der Waals surface area (Å²) in [6.45, 7) is 2.04. The maximum absolute atomic E-state index is 12.9. The van der Waals surface area contributed by atoms with Crippen LogP contribution in [0.5, 0.6) is 0 Å². The fourth-order valence-corrected chi connectivity index (χ4v) is 2.20. The highest BCUT2D eigenvalue weighted by molar-refractivity contribution is 6.10. The smallest absolute Gasteiger partial charge is 0.289 e. The number of hydrogen-bond donors (Lipinski definition) is 0. The van der Waals surface area contributed by atoms with Crippen molar-refractivity contribution >= 4 is 5.78 Å². The lowest BCUT2D eigenvalue weighted by Gasteiger charge is -2.12. The molecule has 0 unspecified atom stereocenters. The zero-order valence-electron chi connectivity index (χ0n) is 11.6. The van der Waals surface area contributed by atoms with E-state index in [-0.39, 0.29) is 11.1 Å². The average Bonchev–Trinajstić information content (AvgIpc) is 2.47. The van der Waals surface area contributed by atoms with Gasteiger partial charge in [0, 0.05) is 11.1 Å². The van der Waals surface area contributed by atoms with Gasteiger partial charge in [-0.05, 0) is 18.1 Å². The van der Waals surface area contributed by atoms with Crippen LogP contribution in [0.1, 0.15) is 40.4 Å². The van der Waals surface area contributed by atoms with Gasteiger partial charge in [-0.1, -0.05) is 55.8 Å². The largest absolute Gasteiger partial charge is 0.417 e. The molecule has 0 fully saturated rings. The Labute approximate surface area is 121 Å². The Morgan fingerprint density at radius 2 is 1.62 bits per heavy atom. The van der Waals surface area contributed by atoms with E-state index in [1.165, 1.54) is 18.2 Å². The highest BCUT2D eigenvalue weighted by atomic mass is 19.4. The fraction of sp³-hybridized carbons (Fsp3) is 0.235. The first-order chi connectivity index (χ1) is 9.93. The Hall–Kier alpha value is -2.10. The molecule has 0 spiro atoms. The van der Waals surface area contributed by atoms with E-state index in [9.17, 15) is 18.0 Å². The van der Waals surface area contributed by atoms with E-state index in [0.717, 1.165) is 24.5 Å². The molecule has 0 atom stereocenters. The van der Waals surface area contributed by atoms with Crippen LogP contribution in [-0.4, -0.2) is 5.78 Å². The molecule has 0 amide bonds. The van der Waals surface area contributed by atoms with Crippen LogP contribution in [0.25, 0.3) is 0 Å². The van der Waals surface area contributed by atoms with Gasteiger partial charge in [0.15, 0.2) is 5.78 Å². The Bertz CT molecular complexity index is 627. The van der Waals surface area contributed by atoms with Crippen molar-refractivity contribution in [1.82, 2.24) is 0 Å². The molecule has 21 heavy (non-hydrogen) atoms. The molecule has 4 heteroatoms. The first kappa shape index (κ1) is 15.3. The molecule has 0 aliphatic carbocycles. The summed E-state index contributed by atoms with van der Waals surface area (Å²) in [6, 6.07) is 11.6. The van der Waals surface area contributed by atoms with Gasteiger partial charge in [0.05, 0.1) is 5.56 Å². The molecule has 2 aromatic carbocycles. The van der Waals surface area contributed by atoms with E-state index >= 15 is 0 Å². The number of benzene rings is 2. The lowest BCUT2D eigenvalue weighted by molar-refractivity contribution is -0.137. The van der Waals surface area contributed by atoms with Gasteiger partial charge >= 0.3 is 6.18 Å². The SMILES string of the molecule is CCCc1ccc(C(=O)c2ccccc2C(F)(F)F)cc1. The second-order valence-electron chi connectivity index (χ2n) is 4.82. The molecule has 0 aliphatic heterocycles. The summed E-state index contributed by atoms with van der Waals surface area (Å²) in [5.41, 5.74) is 0.130. The summed E-state index contributed by atoms with van der Waals surface area (Å²) in [5.74, 6) is -0.606. The number of alkyl halides is 3. The van der Waals surface area contributed by atoms with Crippen molar-refractivity contribution < 1.29 is 18.0 Å². The van der Waals surface area contributed by atoms with Crippen LogP contribution in [0.4, 0.5) is 13.2 Å². The van der Waals surface area contributed by atoms with Crippen LogP contribution < -0.4 is 0 Å². The van der Waals surface area contributed by atoms with Crippen molar-refractivity contribution in [3.05, 3.63) is 70.8 Å². The van der Waals surface area contributed by atoms with E-state index in [0.29, 0.717) is 0 Å². The molecule has 0 saturated carbocycles. The van der Waals surface area contributed by atoms with Crippen molar-refractivity contribution in [2.75, 3.05) is 0 Å². The van der Waals surface area contributed by atoms with Crippen LogP contribution in [0, 0.1) is 0 Å². The number of rotatable bonds is 4. The van der Waals surface area contributed by atoms with E-state index < -0.39 is 17.5 Å². The first-order valence-electron chi connectivity index (χ1n) is 6.73. The van der Waals surface area contributed by atoms with Crippen LogP contribution in [0.2, 0.25) is 0 Å². The van der Waals surface area contributed by atoms with E-state index in [2.05, 4.69) is 0 Å². The molecule has 0 bridgehead atoms. The summed E-state index contributed by atoms with van der Waals surface area (Å²) < 4.78 is 38.8.